The van der Waals surface area contributed by atoms with Crippen LogP contribution < -0.4 is 5.32 Å². The fraction of sp³-hybridized carbons (Fsp3) is 0.412. The Morgan fingerprint density at radius 2 is 1.89 bits per heavy atom. The third-order valence-corrected chi connectivity index (χ3v) is 4.42. The number of hydrogen-bond acceptors (Lipinski definition) is 2. The Morgan fingerprint density at radius 3 is 2.53 bits per heavy atom. The Balaban J connectivity index is 2.42. The summed E-state index contributed by atoms with van der Waals surface area (Å²) in [5, 5.41) is 5.89. The van der Waals surface area contributed by atoms with Gasteiger partial charge in [-0.1, -0.05) is 30.7 Å². The van der Waals surface area contributed by atoms with E-state index in [0.717, 1.165) is 13.0 Å². The van der Waals surface area contributed by atoms with Crippen molar-refractivity contribution in [2.75, 3.05) is 6.54 Å². The quantitative estimate of drug-likeness (QED) is 0.828. The Kier molecular flexibility index (Phi) is 4.78. The second kappa shape index (κ2) is 6.36. The van der Waals surface area contributed by atoms with E-state index in [-0.39, 0.29) is 0 Å². The molecule has 0 fully saturated rings. The lowest BCUT2D eigenvalue weighted by atomic mass is 9.94. The van der Waals surface area contributed by atoms with E-state index >= 15 is 0 Å². The van der Waals surface area contributed by atoms with Crippen molar-refractivity contribution < 1.29 is 0 Å². The van der Waals surface area contributed by atoms with Crippen LogP contribution in [0.25, 0.3) is 0 Å². The molecule has 102 valence electrons. The maximum Gasteiger partial charge on any atom is 0.0590 e. The van der Waals surface area contributed by atoms with E-state index in [2.05, 4.69) is 62.7 Å². The number of nitrogens with one attached hydrogen (secondary N) is 1. The van der Waals surface area contributed by atoms with E-state index in [4.69, 9.17) is 0 Å². The predicted molar refractivity (Wildman–Crippen MR) is 85.1 cm³/mol. The van der Waals surface area contributed by atoms with Crippen molar-refractivity contribution in [2.24, 2.45) is 0 Å². The molecule has 1 N–H and O–H groups in total. The van der Waals surface area contributed by atoms with Gasteiger partial charge in [0.2, 0.25) is 0 Å². The summed E-state index contributed by atoms with van der Waals surface area (Å²) in [6, 6.07) is 9.32. The van der Waals surface area contributed by atoms with Crippen molar-refractivity contribution in [2.45, 2.75) is 40.2 Å². The van der Waals surface area contributed by atoms with Gasteiger partial charge in [0, 0.05) is 4.88 Å². The Morgan fingerprint density at radius 1 is 1.11 bits per heavy atom. The largest absolute Gasteiger partial charge is 0.306 e. The second-order valence-electron chi connectivity index (χ2n) is 5.18. The summed E-state index contributed by atoms with van der Waals surface area (Å²) in [5.74, 6) is 0. The third-order valence-electron chi connectivity index (χ3n) is 3.55. The Labute approximate surface area is 120 Å². The normalized spacial score (nSPS) is 12.6. The molecular formula is C17H23NS. The van der Waals surface area contributed by atoms with Gasteiger partial charge < -0.3 is 5.32 Å². The molecule has 2 aromatic rings. The molecule has 0 saturated heterocycles. The molecule has 0 aliphatic carbocycles. The van der Waals surface area contributed by atoms with Crippen LogP contribution in [0.5, 0.6) is 0 Å². The first kappa shape index (κ1) is 14.3. The molecule has 1 aromatic carbocycles. The molecule has 0 spiro atoms. The summed E-state index contributed by atoms with van der Waals surface area (Å²) in [6.07, 6.45) is 1.16. The molecule has 0 radical (unpaired) electrons. The summed E-state index contributed by atoms with van der Waals surface area (Å²) < 4.78 is 0. The van der Waals surface area contributed by atoms with Crippen LogP contribution >= 0.6 is 11.3 Å². The van der Waals surface area contributed by atoms with Gasteiger partial charge in [0.25, 0.3) is 0 Å². The average Bonchev–Trinajstić information content (AvgIpc) is 2.80. The molecule has 0 saturated carbocycles. The van der Waals surface area contributed by atoms with Gasteiger partial charge in [-0.2, -0.15) is 0 Å². The lowest BCUT2D eigenvalue weighted by Crippen LogP contribution is -2.24. The van der Waals surface area contributed by atoms with Gasteiger partial charge in [-0.25, -0.2) is 0 Å². The monoisotopic (exact) mass is 273 g/mol. The summed E-state index contributed by atoms with van der Waals surface area (Å²) in [6.45, 7) is 9.85. The lowest BCUT2D eigenvalue weighted by molar-refractivity contribution is 0.595. The van der Waals surface area contributed by atoms with Crippen molar-refractivity contribution in [1.29, 1.82) is 0 Å². The second-order valence-corrected chi connectivity index (χ2v) is 6.30. The van der Waals surface area contributed by atoms with Crippen LogP contribution in [0.3, 0.4) is 0 Å². The minimum atomic E-state index is 0.325. The van der Waals surface area contributed by atoms with Crippen LogP contribution in [0.15, 0.2) is 29.6 Å². The van der Waals surface area contributed by atoms with Gasteiger partial charge in [0.1, 0.15) is 0 Å². The minimum Gasteiger partial charge on any atom is -0.306 e. The highest BCUT2D eigenvalue weighted by molar-refractivity contribution is 7.10. The van der Waals surface area contributed by atoms with Crippen molar-refractivity contribution in [3.8, 4) is 0 Å². The molecular weight excluding hydrogens is 250 g/mol. The topological polar surface area (TPSA) is 12.0 Å². The van der Waals surface area contributed by atoms with Crippen LogP contribution in [-0.4, -0.2) is 6.54 Å². The third kappa shape index (κ3) is 3.26. The van der Waals surface area contributed by atoms with Crippen molar-refractivity contribution >= 4 is 11.3 Å². The van der Waals surface area contributed by atoms with E-state index in [1.807, 2.05) is 11.3 Å². The van der Waals surface area contributed by atoms with Gasteiger partial charge in [0.15, 0.2) is 0 Å². The number of benzene rings is 1. The molecule has 0 aliphatic rings. The van der Waals surface area contributed by atoms with Gasteiger partial charge >= 0.3 is 0 Å². The fourth-order valence-corrected chi connectivity index (χ4v) is 3.18. The summed E-state index contributed by atoms with van der Waals surface area (Å²) in [7, 11) is 0. The highest BCUT2D eigenvalue weighted by Crippen LogP contribution is 2.30. The molecule has 1 heterocycles. The zero-order chi connectivity index (χ0) is 13.8. The van der Waals surface area contributed by atoms with Crippen molar-refractivity contribution in [1.82, 2.24) is 5.32 Å². The van der Waals surface area contributed by atoms with Crippen LogP contribution in [-0.2, 0) is 0 Å². The summed E-state index contributed by atoms with van der Waals surface area (Å²) in [4.78, 5) is 1.41. The standard InChI is InChI=1S/C17H23NS/c1-5-9-18-17(15-8-10-19-14(15)4)16-11-12(2)6-7-13(16)3/h6-8,10-11,17-18H,5,9H2,1-4H3. The average molecular weight is 273 g/mol. The molecule has 1 unspecified atom stereocenters. The first-order valence-corrected chi connectivity index (χ1v) is 7.86. The molecule has 0 amide bonds. The van der Waals surface area contributed by atoms with E-state index in [9.17, 15) is 0 Å². The minimum absolute atomic E-state index is 0.325. The highest BCUT2D eigenvalue weighted by atomic mass is 32.1. The molecule has 19 heavy (non-hydrogen) atoms. The molecule has 0 bridgehead atoms. The molecule has 1 nitrogen and oxygen atoms in total. The van der Waals surface area contributed by atoms with Gasteiger partial charge in [-0.05, 0) is 61.9 Å². The fourth-order valence-electron chi connectivity index (χ4n) is 2.44. The number of thiophene rings is 1. The van der Waals surface area contributed by atoms with E-state index in [0.29, 0.717) is 6.04 Å². The smallest absolute Gasteiger partial charge is 0.0590 e. The Bertz CT molecular complexity index is 542. The van der Waals surface area contributed by atoms with Crippen LogP contribution in [0.1, 0.15) is 46.5 Å². The first-order chi connectivity index (χ1) is 9.13. The maximum absolute atomic E-state index is 3.70. The van der Waals surface area contributed by atoms with E-state index < -0.39 is 0 Å². The lowest BCUT2D eigenvalue weighted by Gasteiger charge is -2.22. The molecule has 2 heteroatoms. The highest BCUT2D eigenvalue weighted by Gasteiger charge is 2.18. The van der Waals surface area contributed by atoms with Crippen LogP contribution in [0.2, 0.25) is 0 Å². The maximum atomic E-state index is 3.70. The molecule has 1 atom stereocenters. The van der Waals surface area contributed by atoms with Gasteiger partial charge in [-0.3, -0.25) is 0 Å². The van der Waals surface area contributed by atoms with Crippen LogP contribution in [0, 0.1) is 20.8 Å². The Hall–Kier alpha value is -1.12. The predicted octanol–water partition coefficient (Wildman–Crippen LogP) is 4.76. The molecule has 1 aromatic heterocycles. The van der Waals surface area contributed by atoms with Crippen molar-refractivity contribution in [3.05, 3.63) is 56.8 Å². The zero-order valence-electron chi connectivity index (χ0n) is 12.3. The van der Waals surface area contributed by atoms with Crippen molar-refractivity contribution in [3.63, 3.8) is 0 Å². The molecule has 0 aliphatic heterocycles. The van der Waals surface area contributed by atoms with E-state index in [1.165, 1.54) is 27.1 Å². The summed E-state index contributed by atoms with van der Waals surface area (Å²) in [5.41, 5.74) is 5.53. The number of rotatable bonds is 5. The molecule has 2 rings (SSSR count). The SMILES string of the molecule is CCCNC(c1cc(C)ccc1C)c1ccsc1C. The van der Waals surface area contributed by atoms with E-state index in [1.54, 1.807) is 0 Å². The van der Waals surface area contributed by atoms with Gasteiger partial charge in [-0.15, -0.1) is 11.3 Å². The van der Waals surface area contributed by atoms with Crippen LogP contribution in [0.4, 0.5) is 0 Å². The number of hydrogen-bond donors (Lipinski definition) is 1. The summed E-state index contributed by atoms with van der Waals surface area (Å²) >= 11 is 1.83. The number of aryl methyl sites for hydroxylation is 3. The zero-order valence-corrected chi connectivity index (χ0v) is 13.1. The van der Waals surface area contributed by atoms with Gasteiger partial charge in [0.05, 0.1) is 6.04 Å². The first-order valence-electron chi connectivity index (χ1n) is 6.98.